The van der Waals surface area contributed by atoms with Crippen molar-refractivity contribution in [1.29, 1.82) is 0 Å². The molecule has 2 aromatic carbocycles. The van der Waals surface area contributed by atoms with Crippen LogP contribution in [0.15, 0.2) is 47.4 Å². The summed E-state index contributed by atoms with van der Waals surface area (Å²) in [7, 11) is -4.16. The van der Waals surface area contributed by atoms with Gasteiger partial charge in [0.1, 0.15) is 11.6 Å². The van der Waals surface area contributed by atoms with Crippen LogP contribution in [0.3, 0.4) is 0 Å². The quantitative estimate of drug-likeness (QED) is 0.535. The van der Waals surface area contributed by atoms with E-state index in [-0.39, 0.29) is 23.1 Å². The Kier molecular flexibility index (Phi) is 8.11. The van der Waals surface area contributed by atoms with Gasteiger partial charge in [-0.25, -0.2) is 22.0 Å². The molecule has 0 aliphatic heterocycles. The van der Waals surface area contributed by atoms with E-state index in [1.165, 1.54) is 31.2 Å². The molecule has 0 radical (unpaired) electrons. The monoisotopic (exact) mass is 485 g/mol. The first-order valence-electron chi connectivity index (χ1n) is 10.6. The second-order valence-corrected chi connectivity index (χ2v) is 10.6. The zero-order valence-electron chi connectivity index (χ0n) is 17.7. The van der Waals surface area contributed by atoms with Crippen LogP contribution >= 0.6 is 11.6 Å². The first kappa shape index (κ1) is 24.5. The van der Waals surface area contributed by atoms with Crippen molar-refractivity contribution in [2.45, 2.75) is 55.2 Å². The van der Waals surface area contributed by atoms with Crippen LogP contribution in [-0.2, 0) is 14.6 Å². The molecule has 1 aliphatic carbocycles. The van der Waals surface area contributed by atoms with Gasteiger partial charge in [0.2, 0.25) is 0 Å². The summed E-state index contributed by atoms with van der Waals surface area (Å²) in [4.78, 5) is 12.1. The van der Waals surface area contributed by atoms with Gasteiger partial charge in [0.05, 0.1) is 16.8 Å². The molecule has 9 heteroatoms. The van der Waals surface area contributed by atoms with E-state index >= 15 is 0 Å². The van der Waals surface area contributed by atoms with Crippen LogP contribution in [0.4, 0.5) is 13.6 Å². The maximum atomic E-state index is 14.6. The van der Waals surface area contributed by atoms with E-state index in [0.29, 0.717) is 5.02 Å². The smallest absolute Gasteiger partial charge is 0.407 e. The average molecular weight is 486 g/mol. The van der Waals surface area contributed by atoms with Gasteiger partial charge in [0, 0.05) is 22.5 Å². The second-order valence-electron chi connectivity index (χ2n) is 8.14. The van der Waals surface area contributed by atoms with Gasteiger partial charge in [-0.15, -0.1) is 0 Å². The molecular formula is C23H26ClF2NO4S. The lowest BCUT2D eigenvalue weighted by atomic mass is 9.96. The van der Waals surface area contributed by atoms with E-state index in [9.17, 15) is 22.0 Å². The Labute approximate surface area is 192 Å². The SMILES string of the molecule is C[C@H](COC(=O)NC1CCCCC1)[C@@H](c1cc(F)ccc1F)S(=O)(=O)c1ccc(Cl)cc1. The number of sulfone groups is 1. The highest BCUT2D eigenvalue weighted by Crippen LogP contribution is 2.37. The number of carbonyl (C=O) groups excluding carboxylic acids is 1. The van der Waals surface area contributed by atoms with Crippen LogP contribution in [0.25, 0.3) is 0 Å². The van der Waals surface area contributed by atoms with Crippen molar-refractivity contribution in [3.63, 3.8) is 0 Å². The minimum atomic E-state index is -4.16. The molecule has 0 saturated heterocycles. The summed E-state index contributed by atoms with van der Waals surface area (Å²) in [5.74, 6) is -2.47. The molecule has 174 valence electrons. The van der Waals surface area contributed by atoms with Crippen molar-refractivity contribution in [1.82, 2.24) is 5.32 Å². The molecule has 2 aromatic rings. The van der Waals surface area contributed by atoms with Crippen molar-refractivity contribution in [2.75, 3.05) is 6.61 Å². The molecule has 1 amide bonds. The predicted molar refractivity (Wildman–Crippen MR) is 118 cm³/mol. The molecule has 0 unspecified atom stereocenters. The fourth-order valence-electron chi connectivity index (χ4n) is 4.03. The molecule has 1 saturated carbocycles. The number of hydrogen-bond acceptors (Lipinski definition) is 4. The van der Waals surface area contributed by atoms with Crippen molar-refractivity contribution >= 4 is 27.5 Å². The largest absolute Gasteiger partial charge is 0.449 e. The van der Waals surface area contributed by atoms with Gasteiger partial charge >= 0.3 is 6.09 Å². The Morgan fingerprint density at radius 1 is 1.12 bits per heavy atom. The summed E-state index contributed by atoms with van der Waals surface area (Å²) in [6.45, 7) is 1.24. The first-order chi connectivity index (χ1) is 15.2. The summed E-state index contributed by atoms with van der Waals surface area (Å²) in [6, 6.07) is 8.14. The topological polar surface area (TPSA) is 72.5 Å². The molecule has 1 aliphatic rings. The molecule has 3 rings (SSSR count). The van der Waals surface area contributed by atoms with Crippen LogP contribution in [0, 0.1) is 17.6 Å². The fourth-order valence-corrected chi connectivity index (χ4v) is 6.17. The Morgan fingerprint density at radius 2 is 1.78 bits per heavy atom. The number of amides is 1. The van der Waals surface area contributed by atoms with E-state index in [1.807, 2.05) is 0 Å². The number of alkyl carbamates (subject to hydrolysis) is 1. The van der Waals surface area contributed by atoms with E-state index in [1.54, 1.807) is 0 Å². The van der Waals surface area contributed by atoms with Crippen LogP contribution in [0.1, 0.15) is 49.8 Å². The zero-order valence-corrected chi connectivity index (χ0v) is 19.3. The number of halogens is 3. The molecule has 1 fully saturated rings. The number of carbonyl (C=O) groups is 1. The molecule has 2 atom stereocenters. The standard InChI is InChI=1S/C23H26ClF2NO4S/c1-15(14-31-23(28)27-18-5-3-2-4-6-18)22(20-13-17(25)9-12-21(20)26)32(29,30)19-10-7-16(24)8-11-19/h7-13,15,18,22H,2-6,14H2,1H3,(H,27,28)/t15-,22+/m1/s1. The van der Waals surface area contributed by atoms with E-state index in [4.69, 9.17) is 16.3 Å². The highest BCUT2D eigenvalue weighted by molar-refractivity contribution is 7.91. The number of benzene rings is 2. The highest BCUT2D eigenvalue weighted by atomic mass is 35.5. The van der Waals surface area contributed by atoms with Crippen LogP contribution < -0.4 is 5.32 Å². The lowest BCUT2D eigenvalue weighted by molar-refractivity contribution is 0.122. The van der Waals surface area contributed by atoms with Crippen molar-refractivity contribution in [3.05, 3.63) is 64.7 Å². The van der Waals surface area contributed by atoms with E-state index < -0.39 is 38.7 Å². The van der Waals surface area contributed by atoms with Crippen LogP contribution in [-0.4, -0.2) is 27.2 Å². The third-order valence-corrected chi connectivity index (χ3v) is 8.23. The predicted octanol–water partition coefficient (Wildman–Crippen LogP) is 5.83. The summed E-state index contributed by atoms with van der Waals surface area (Å²) in [5.41, 5.74) is -0.316. The minimum Gasteiger partial charge on any atom is -0.449 e. The summed E-state index contributed by atoms with van der Waals surface area (Å²) >= 11 is 5.86. The molecule has 0 spiro atoms. The molecule has 0 aromatic heterocycles. The third kappa shape index (κ3) is 5.98. The molecular weight excluding hydrogens is 460 g/mol. The van der Waals surface area contributed by atoms with Gasteiger partial charge in [-0.3, -0.25) is 0 Å². The molecule has 0 heterocycles. The maximum Gasteiger partial charge on any atom is 0.407 e. The van der Waals surface area contributed by atoms with Crippen molar-refractivity contribution in [2.24, 2.45) is 5.92 Å². The number of rotatable bonds is 7. The van der Waals surface area contributed by atoms with Gasteiger partial charge in [-0.2, -0.15) is 0 Å². The average Bonchev–Trinajstić information content (AvgIpc) is 2.76. The van der Waals surface area contributed by atoms with Gasteiger partial charge < -0.3 is 10.1 Å². The highest BCUT2D eigenvalue weighted by Gasteiger charge is 2.37. The number of hydrogen-bond donors (Lipinski definition) is 1. The van der Waals surface area contributed by atoms with Crippen LogP contribution in [0.5, 0.6) is 0 Å². The fraction of sp³-hybridized carbons (Fsp3) is 0.435. The summed E-state index contributed by atoms with van der Waals surface area (Å²) < 4.78 is 60.7. The maximum absolute atomic E-state index is 14.6. The number of nitrogens with one attached hydrogen (secondary N) is 1. The van der Waals surface area contributed by atoms with Crippen molar-refractivity contribution in [3.8, 4) is 0 Å². The first-order valence-corrected chi connectivity index (χ1v) is 12.5. The lowest BCUT2D eigenvalue weighted by Crippen LogP contribution is -2.37. The van der Waals surface area contributed by atoms with Gasteiger partial charge in [0.25, 0.3) is 0 Å². The van der Waals surface area contributed by atoms with Crippen molar-refractivity contribution < 1.29 is 26.7 Å². The summed E-state index contributed by atoms with van der Waals surface area (Å²) in [6.07, 6.45) is 4.28. The molecule has 32 heavy (non-hydrogen) atoms. The van der Waals surface area contributed by atoms with E-state index in [2.05, 4.69) is 5.32 Å². The zero-order chi connectivity index (χ0) is 23.3. The Bertz CT molecular complexity index is 1040. The minimum absolute atomic E-state index is 0.0285. The Balaban J connectivity index is 1.84. The Hall–Kier alpha value is -2.19. The second kappa shape index (κ2) is 10.6. The van der Waals surface area contributed by atoms with Gasteiger partial charge in [-0.1, -0.05) is 37.8 Å². The van der Waals surface area contributed by atoms with Crippen LogP contribution in [0.2, 0.25) is 5.02 Å². The van der Waals surface area contributed by atoms with Gasteiger partial charge in [-0.05, 0) is 55.3 Å². The molecule has 1 N–H and O–H groups in total. The normalized spacial score (nSPS) is 16.9. The van der Waals surface area contributed by atoms with E-state index in [0.717, 1.165) is 50.3 Å². The molecule has 0 bridgehead atoms. The Morgan fingerprint density at radius 3 is 2.44 bits per heavy atom. The van der Waals surface area contributed by atoms with Gasteiger partial charge in [0.15, 0.2) is 9.84 Å². The number of ether oxygens (including phenoxy) is 1. The lowest BCUT2D eigenvalue weighted by Gasteiger charge is -2.26. The summed E-state index contributed by atoms with van der Waals surface area (Å²) in [5, 5.41) is 1.66. The molecule has 5 nitrogen and oxygen atoms in total. The third-order valence-electron chi connectivity index (χ3n) is 5.66.